The average Bonchev–Trinajstić information content (AvgIpc) is 2.59. The predicted molar refractivity (Wildman–Crippen MR) is 91.3 cm³/mol. The zero-order valence-electron chi connectivity index (χ0n) is 14.1. The highest BCUT2D eigenvalue weighted by atomic mass is 35.5. The number of hydrogen-bond donors (Lipinski definition) is 1. The SMILES string of the molecule is CC(C)[C@@H]1NC(=O)[C@H]2CN(C(=O)Oc3ccc(Cl)cc3)CCN2C1=O. The lowest BCUT2D eigenvalue weighted by Gasteiger charge is -2.45. The third-order valence-electron chi connectivity index (χ3n) is 4.47. The van der Waals surface area contributed by atoms with Crippen LogP contribution in [-0.4, -0.2) is 59.4 Å². The fraction of sp³-hybridized carbons (Fsp3) is 0.471. The maximum Gasteiger partial charge on any atom is 0.415 e. The van der Waals surface area contributed by atoms with Gasteiger partial charge in [-0.2, -0.15) is 0 Å². The van der Waals surface area contributed by atoms with Crippen molar-refractivity contribution in [3.8, 4) is 5.75 Å². The van der Waals surface area contributed by atoms with Crippen LogP contribution < -0.4 is 10.1 Å². The number of ether oxygens (including phenoxy) is 1. The van der Waals surface area contributed by atoms with Crippen molar-refractivity contribution in [3.05, 3.63) is 29.3 Å². The van der Waals surface area contributed by atoms with E-state index in [1.165, 1.54) is 4.90 Å². The van der Waals surface area contributed by atoms with Gasteiger partial charge < -0.3 is 19.9 Å². The topological polar surface area (TPSA) is 79.0 Å². The van der Waals surface area contributed by atoms with Gasteiger partial charge in [-0.1, -0.05) is 25.4 Å². The van der Waals surface area contributed by atoms with Crippen LogP contribution in [0.15, 0.2) is 24.3 Å². The van der Waals surface area contributed by atoms with Gasteiger partial charge in [0.2, 0.25) is 11.8 Å². The van der Waals surface area contributed by atoms with E-state index in [2.05, 4.69) is 5.32 Å². The monoisotopic (exact) mass is 365 g/mol. The first-order chi connectivity index (χ1) is 11.9. The molecule has 134 valence electrons. The summed E-state index contributed by atoms with van der Waals surface area (Å²) in [6.45, 7) is 4.54. The summed E-state index contributed by atoms with van der Waals surface area (Å²) >= 11 is 5.80. The number of nitrogens with zero attached hydrogens (tertiary/aromatic N) is 2. The van der Waals surface area contributed by atoms with E-state index in [4.69, 9.17) is 16.3 Å². The van der Waals surface area contributed by atoms with Crippen LogP contribution in [0.1, 0.15) is 13.8 Å². The Balaban J connectivity index is 1.66. The molecule has 2 aliphatic rings. The van der Waals surface area contributed by atoms with Crippen molar-refractivity contribution in [1.29, 1.82) is 0 Å². The number of amides is 3. The first-order valence-corrected chi connectivity index (χ1v) is 8.58. The normalized spacial score (nSPS) is 23.4. The predicted octanol–water partition coefficient (Wildman–Crippen LogP) is 1.51. The largest absolute Gasteiger partial charge is 0.415 e. The molecule has 0 spiro atoms. The fourth-order valence-corrected chi connectivity index (χ4v) is 3.17. The van der Waals surface area contributed by atoms with Crippen molar-refractivity contribution in [2.24, 2.45) is 5.92 Å². The number of carbonyl (C=O) groups is 3. The van der Waals surface area contributed by atoms with Gasteiger partial charge in [0.25, 0.3) is 0 Å². The van der Waals surface area contributed by atoms with E-state index in [0.717, 1.165) is 0 Å². The number of hydrogen-bond acceptors (Lipinski definition) is 4. The van der Waals surface area contributed by atoms with Gasteiger partial charge in [-0.3, -0.25) is 9.59 Å². The van der Waals surface area contributed by atoms with Crippen LogP contribution in [0.25, 0.3) is 0 Å². The maximum atomic E-state index is 12.5. The average molecular weight is 366 g/mol. The molecule has 2 saturated heterocycles. The van der Waals surface area contributed by atoms with Gasteiger partial charge in [0.15, 0.2) is 0 Å². The van der Waals surface area contributed by atoms with Crippen molar-refractivity contribution < 1.29 is 19.1 Å². The van der Waals surface area contributed by atoms with Gasteiger partial charge in [0.05, 0.1) is 6.54 Å². The number of rotatable bonds is 2. The molecule has 3 amide bonds. The Kier molecular flexibility index (Phi) is 4.85. The Morgan fingerprint density at radius 3 is 2.56 bits per heavy atom. The van der Waals surface area contributed by atoms with E-state index in [0.29, 0.717) is 23.9 Å². The van der Waals surface area contributed by atoms with E-state index in [1.54, 1.807) is 29.2 Å². The molecule has 0 saturated carbocycles. The summed E-state index contributed by atoms with van der Waals surface area (Å²) in [4.78, 5) is 40.2. The minimum absolute atomic E-state index is 0.0188. The van der Waals surface area contributed by atoms with Crippen LogP contribution >= 0.6 is 11.6 Å². The summed E-state index contributed by atoms with van der Waals surface area (Å²) in [6, 6.07) is 5.27. The number of halogens is 1. The molecule has 2 aliphatic heterocycles. The number of piperazine rings is 2. The van der Waals surface area contributed by atoms with Crippen LogP contribution in [0.2, 0.25) is 5.02 Å². The Morgan fingerprint density at radius 1 is 1.24 bits per heavy atom. The quantitative estimate of drug-likeness (QED) is 0.861. The number of benzene rings is 1. The molecule has 8 heteroatoms. The standard InChI is InChI=1S/C17H20ClN3O4/c1-10(2)14-16(23)21-8-7-20(9-13(21)15(22)19-14)17(24)25-12-5-3-11(18)4-6-12/h3-6,10,13-14H,7-9H2,1-2H3,(H,19,22)/t13-,14+/m1/s1. The van der Waals surface area contributed by atoms with Crippen LogP contribution in [-0.2, 0) is 9.59 Å². The molecule has 2 atom stereocenters. The lowest BCUT2D eigenvalue weighted by Crippen LogP contribution is -2.70. The summed E-state index contributed by atoms with van der Waals surface area (Å²) in [5.74, 6) is 0.0683. The minimum atomic E-state index is -0.672. The van der Waals surface area contributed by atoms with E-state index in [-0.39, 0.29) is 24.3 Å². The molecule has 0 aromatic heterocycles. The molecule has 7 nitrogen and oxygen atoms in total. The first-order valence-electron chi connectivity index (χ1n) is 8.20. The van der Waals surface area contributed by atoms with Crippen molar-refractivity contribution in [3.63, 3.8) is 0 Å². The summed E-state index contributed by atoms with van der Waals surface area (Å²) < 4.78 is 5.30. The Bertz CT molecular complexity index is 692. The molecular formula is C17H20ClN3O4. The molecule has 0 bridgehead atoms. The van der Waals surface area contributed by atoms with Crippen molar-refractivity contribution >= 4 is 29.5 Å². The molecule has 25 heavy (non-hydrogen) atoms. The van der Waals surface area contributed by atoms with Crippen LogP contribution in [0.3, 0.4) is 0 Å². The van der Waals surface area contributed by atoms with E-state index >= 15 is 0 Å². The van der Waals surface area contributed by atoms with Gasteiger partial charge >= 0.3 is 6.09 Å². The Morgan fingerprint density at radius 2 is 1.92 bits per heavy atom. The summed E-state index contributed by atoms with van der Waals surface area (Å²) in [5, 5.41) is 3.30. The highest BCUT2D eigenvalue weighted by Crippen LogP contribution is 2.21. The molecule has 0 aliphatic carbocycles. The second kappa shape index (κ2) is 6.92. The molecule has 3 rings (SSSR count). The molecular weight excluding hydrogens is 346 g/mol. The molecule has 1 aromatic rings. The highest BCUT2D eigenvalue weighted by molar-refractivity contribution is 6.30. The molecule has 2 fully saturated rings. The fourth-order valence-electron chi connectivity index (χ4n) is 3.05. The molecule has 0 unspecified atom stereocenters. The van der Waals surface area contributed by atoms with Gasteiger partial charge in [-0.25, -0.2) is 4.79 Å². The number of fused-ring (bicyclic) bond motifs is 1. The van der Waals surface area contributed by atoms with Gasteiger partial charge in [0, 0.05) is 18.1 Å². The summed E-state index contributed by atoms with van der Waals surface area (Å²) in [7, 11) is 0. The van der Waals surface area contributed by atoms with Crippen molar-refractivity contribution in [2.45, 2.75) is 25.9 Å². The van der Waals surface area contributed by atoms with Crippen LogP contribution in [0.5, 0.6) is 5.75 Å². The smallest absolute Gasteiger partial charge is 0.410 e. The highest BCUT2D eigenvalue weighted by Gasteiger charge is 2.45. The third-order valence-corrected chi connectivity index (χ3v) is 4.73. The Labute approximate surface area is 150 Å². The second-order valence-corrected chi connectivity index (χ2v) is 6.98. The Hall–Kier alpha value is -2.28. The van der Waals surface area contributed by atoms with Crippen molar-refractivity contribution in [1.82, 2.24) is 15.1 Å². The zero-order chi connectivity index (χ0) is 18.1. The zero-order valence-corrected chi connectivity index (χ0v) is 14.8. The second-order valence-electron chi connectivity index (χ2n) is 6.55. The first kappa shape index (κ1) is 17.5. The maximum absolute atomic E-state index is 12.5. The van der Waals surface area contributed by atoms with Gasteiger partial charge in [-0.15, -0.1) is 0 Å². The molecule has 1 aromatic carbocycles. The molecule has 1 N–H and O–H groups in total. The van der Waals surface area contributed by atoms with E-state index < -0.39 is 18.2 Å². The molecule has 0 radical (unpaired) electrons. The van der Waals surface area contributed by atoms with Gasteiger partial charge in [0.1, 0.15) is 17.8 Å². The third kappa shape index (κ3) is 3.56. The van der Waals surface area contributed by atoms with Crippen LogP contribution in [0, 0.1) is 5.92 Å². The van der Waals surface area contributed by atoms with Crippen molar-refractivity contribution in [2.75, 3.05) is 19.6 Å². The summed E-state index contributed by atoms with van der Waals surface area (Å²) in [5.41, 5.74) is 0. The lowest BCUT2D eigenvalue weighted by atomic mass is 9.96. The number of nitrogens with one attached hydrogen (secondary N) is 1. The lowest BCUT2D eigenvalue weighted by molar-refractivity contribution is -0.153. The minimum Gasteiger partial charge on any atom is -0.410 e. The van der Waals surface area contributed by atoms with E-state index in [9.17, 15) is 14.4 Å². The summed E-state index contributed by atoms with van der Waals surface area (Å²) in [6.07, 6.45) is -0.548. The van der Waals surface area contributed by atoms with Crippen LogP contribution in [0.4, 0.5) is 4.79 Å². The van der Waals surface area contributed by atoms with E-state index in [1.807, 2.05) is 13.8 Å². The van der Waals surface area contributed by atoms with Gasteiger partial charge in [-0.05, 0) is 30.2 Å². The number of carbonyl (C=O) groups excluding carboxylic acids is 3. The molecule has 2 heterocycles.